The molecule has 0 spiro atoms. The number of phenols is 1. The lowest BCUT2D eigenvalue weighted by Crippen LogP contribution is -2.49. The number of carbonyl (C=O) groups is 2. The van der Waals surface area contributed by atoms with Gasteiger partial charge in [0.2, 0.25) is 5.91 Å². The number of phenolic OH excluding ortho intramolecular Hbond substituents is 1. The van der Waals surface area contributed by atoms with E-state index in [1.165, 1.54) is 6.07 Å². The standard InChI is InChI=1S/C16H21NO4/c1-15(2)10(8-9-16(15,3)14(20)21)13(19)17-11-6-4-5-7-12(11)18/h4-7,10,18H,8-9H2,1-3H3,(H,17,19)(H,20,21)/p-1/t10-,16-/m1/s1. The number of carboxylic acids is 1. The molecule has 1 aliphatic carbocycles. The number of carbonyl (C=O) groups excluding carboxylic acids is 2. The van der Waals surface area contributed by atoms with Crippen LogP contribution in [-0.2, 0) is 9.59 Å². The maximum Gasteiger partial charge on any atom is 0.228 e. The van der Waals surface area contributed by atoms with Gasteiger partial charge in [-0.3, -0.25) is 4.79 Å². The number of para-hydroxylation sites is 2. The number of nitrogens with one attached hydrogen (secondary N) is 1. The Bertz CT molecular complexity index is 581. The zero-order valence-electron chi connectivity index (χ0n) is 12.5. The van der Waals surface area contributed by atoms with Gasteiger partial charge in [0, 0.05) is 17.3 Å². The lowest BCUT2D eigenvalue weighted by atomic mass is 9.65. The predicted octanol–water partition coefficient (Wildman–Crippen LogP) is 1.52. The van der Waals surface area contributed by atoms with Gasteiger partial charge in [-0.05, 0) is 30.4 Å². The molecule has 1 saturated carbocycles. The van der Waals surface area contributed by atoms with Crippen LogP contribution < -0.4 is 10.4 Å². The first-order chi connectivity index (χ1) is 9.70. The monoisotopic (exact) mass is 290 g/mol. The van der Waals surface area contributed by atoms with Crippen LogP contribution in [-0.4, -0.2) is 17.0 Å². The van der Waals surface area contributed by atoms with Gasteiger partial charge in [0.05, 0.1) is 5.69 Å². The van der Waals surface area contributed by atoms with E-state index in [9.17, 15) is 19.8 Å². The van der Waals surface area contributed by atoms with Crippen LogP contribution >= 0.6 is 0 Å². The van der Waals surface area contributed by atoms with Crippen LogP contribution in [0, 0.1) is 16.7 Å². The van der Waals surface area contributed by atoms with E-state index in [0.717, 1.165) is 0 Å². The van der Waals surface area contributed by atoms with Gasteiger partial charge >= 0.3 is 0 Å². The Labute approximate surface area is 124 Å². The molecule has 5 nitrogen and oxygen atoms in total. The van der Waals surface area contributed by atoms with Crippen LogP contribution in [0.1, 0.15) is 33.6 Å². The van der Waals surface area contributed by atoms with Crippen LogP contribution in [0.3, 0.4) is 0 Å². The molecule has 0 unspecified atom stereocenters. The smallest absolute Gasteiger partial charge is 0.228 e. The molecule has 1 aliphatic rings. The minimum absolute atomic E-state index is 0.00989. The predicted molar refractivity (Wildman–Crippen MR) is 76.4 cm³/mol. The van der Waals surface area contributed by atoms with Gasteiger partial charge in [-0.1, -0.05) is 32.9 Å². The van der Waals surface area contributed by atoms with E-state index in [-0.39, 0.29) is 11.7 Å². The van der Waals surface area contributed by atoms with E-state index in [4.69, 9.17) is 0 Å². The highest BCUT2D eigenvalue weighted by Gasteiger charge is 2.54. The molecule has 114 valence electrons. The van der Waals surface area contributed by atoms with Gasteiger partial charge in [0.1, 0.15) is 5.75 Å². The van der Waals surface area contributed by atoms with Crippen molar-refractivity contribution in [1.29, 1.82) is 0 Å². The van der Waals surface area contributed by atoms with Crippen molar-refractivity contribution in [3.05, 3.63) is 24.3 Å². The Morgan fingerprint density at radius 2 is 1.90 bits per heavy atom. The maximum absolute atomic E-state index is 12.5. The van der Waals surface area contributed by atoms with Crippen molar-refractivity contribution in [2.75, 3.05) is 5.32 Å². The second kappa shape index (κ2) is 5.06. The maximum atomic E-state index is 12.5. The van der Waals surface area contributed by atoms with Crippen molar-refractivity contribution in [2.24, 2.45) is 16.7 Å². The van der Waals surface area contributed by atoms with E-state index < -0.39 is 22.7 Å². The number of hydrogen-bond donors (Lipinski definition) is 2. The molecular formula is C16H20NO4-. The summed E-state index contributed by atoms with van der Waals surface area (Å²) in [5.41, 5.74) is -1.42. The van der Waals surface area contributed by atoms with Crippen molar-refractivity contribution in [2.45, 2.75) is 33.6 Å². The number of aromatic hydroxyl groups is 1. The highest BCUT2D eigenvalue weighted by Crippen LogP contribution is 2.55. The summed E-state index contributed by atoms with van der Waals surface area (Å²) in [4.78, 5) is 23.9. The Kier molecular flexibility index (Phi) is 3.70. The van der Waals surface area contributed by atoms with E-state index in [1.54, 1.807) is 39.0 Å². The topological polar surface area (TPSA) is 89.5 Å². The third-order valence-electron chi connectivity index (χ3n) is 5.16. The lowest BCUT2D eigenvalue weighted by Gasteiger charge is -2.41. The quantitative estimate of drug-likeness (QED) is 0.826. The van der Waals surface area contributed by atoms with Crippen molar-refractivity contribution < 1.29 is 19.8 Å². The minimum Gasteiger partial charge on any atom is -0.550 e. The minimum atomic E-state index is -1.12. The molecule has 0 aliphatic heterocycles. The first-order valence-electron chi connectivity index (χ1n) is 7.00. The van der Waals surface area contributed by atoms with E-state index in [1.807, 2.05) is 0 Å². The first kappa shape index (κ1) is 15.4. The highest BCUT2D eigenvalue weighted by atomic mass is 16.4. The van der Waals surface area contributed by atoms with Crippen LogP contribution in [0.5, 0.6) is 5.75 Å². The van der Waals surface area contributed by atoms with E-state index in [0.29, 0.717) is 18.5 Å². The molecule has 2 rings (SSSR count). The molecule has 1 aromatic rings. The van der Waals surface area contributed by atoms with Gasteiger partial charge in [-0.25, -0.2) is 0 Å². The molecule has 1 fully saturated rings. The van der Waals surface area contributed by atoms with Gasteiger partial charge in [-0.2, -0.15) is 0 Å². The molecule has 2 N–H and O–H groups in total. The Balaban J connectivity index is 2.22. The van der Waals surface area contributed by atoms with Crippen molar-refractivity contribution in [3.63, 3.8) is 0 Å². The molecular weight excluding hydrogens is 270 g/mol. The second-order valence-corrected chi connectivity index (χ2v) is 6.44. The van der Waals surface area contributed by atoms with E-state index >= 15 is 0 Å². The summed E-state index contributed by atoms with van der Waals surface area (Å²) in [6.45, 7) is 5.20. The summed E-state index contributed by atoms with van der Waals surface area (Å²) in [6.07, 6.45) is 0.887. The van der Waals surface area contributed by atoms with Gasteiger partial charge in [-0.15, -0.1) is 0 Å². The number of aliphatic carboxylic acids is 1. The first-order valence-corrected chi connectivity index (χ1v) is 7.00. The molecule has 2 atom stereocenters. The third-order valence-corrected chi connectivity index (χ3v) is 5.16. The summed E-state index contributed by atoms with van der Waals surface area (Å²) in [6, 6.07) is 6.46. The average molecular weight is 290 g/mol. The van der Waals surface area contributed by atoms with Crippen LogP contribution in [0.15, 0.2) is 24.3 Å². The van der Waals surface area contributed by atoms with Crippen LogP contribution in [0.2, 0.25) is 0 Å². The zero-order valence-corrected chi connectivity index (χ0v) is 12.5. The van der Waals surface area contributed by atoms with Gasteiger partial charge in [0.25, 0.3) is 0 Å². The Morgan fingerprint density at radius 3 is 2.43 bits per heavy atom. The van der Waals surface area contributed by atoms with Crippen molar-refractivity contribution >= 4 is 17.6 Å². The number of hydrogen-bond acceptors (Lipinski definition) is 4. The van der Waals surface area contributed by atoms with Crippen LogP contribution in [0.25, 0.3) is 0 Å². The average Bonchev–Trinajstić information content (AvgIpc) is 2.64. The summed E-state index contributed by atoms with van der Waals surface area (Å²) in [5.74, 6) is -1.85. The van der Waals surface area contributed by atoms with Gasteiger partial charge in [0.15, 0.2) is 0 Å². The molecule has 0 bridgehead atoms. The summed E-state index contributed by atoms with van der Waals surface area (Å²) >= 11 is 0. The Hall–Kier alpha value is -2.04. The summed E-state index contributed by atoms with van der Waals surface area (Å²) in [5, 5.41) is 23.8. The van der Waals surface area contributed by atoms with Crippen molar-refractivity contribution in [3.8, 4) is 5.75 Å². The summed E-state index contributed by atoms with van der Waals surface area (Å²) in [7, 11) is 0. The number of carboxylic acid groups (broad SMARTS) is 1. The number of anilines is 1. The fraction of sp³-hybridized carbons (Fsp3) is 0.500. The number of benzene rings is 1. The fourth-order valence-corrected chi connectivity index (χ4v) is 3.12. The Morgan fingerprint density at radius 1 is 1.29 bits per heavy atom. The number of rotatable bonds is 3. The molecule has 1 amide bonds. The van der Waals surface area contributed by atoms with Crippen LogP contribution in [0.4, 0.5) is 5.69 Å². The number of amides is 1. The highest BCUT2D eigenvalue weighted by molar-refractivity contribution is 5.95. The lowest BCUT2D eigenvalue weighted by molar-refractivity contribution is -0.323. The van der Waals surface area contributed by atoms with Crippen molar-refractivity contribution in [1.82, 2.24) is 0 Å². The molecule has 1 aromatic carbocycles. The molecule has 5 heteroatoms. The largest absolute Gasteiger partial charge is 0.550 e. The molecule has 0 radical (unpaired) electrons. The molecule has 0 aromatic heterocycles. The molecule has 0 saturated heterocycles. The van der Waals surface area contributed by atoms with E-state index in [2.05, 4.69) is 5.32 Å². The summed E-state index contributed by atoms with van der Waals surface area (Å²) < 4.78 is 0. The normalized spacial score (nSPS) is 27.3. The van der Waals surface area contributed by atoms with Gasteiger partial charge < -0.3 is 20.3 Å². The fourth-order valence-electron chi connectivity index (χ4n) is 3.12. The molecule has 0 heterocycles. The second-order valence-electron chi connectivity index (χ2n) is 6.44. The molecule has 21 heavy (non-hydrogen) atoms. The SMILES string of the molecule is CC1(C)[C@@H](C(=O)Nc2ccccc2O)CC[C@]1(C)C(=O)[O-]. The third kappa shape index (κ3) is 2.37. The zero-order chi connectivity index (χ0) is 15.8.